The smallest absolute Gasteiger partial charge is 0.337 e. The number of hydrogen-bond donors (Lipinski definition) is 2. The Morgan fingerprint density at radius 1 is 1.12 bits per heavy atom. The molecule has 0 saturated carbocycles. The largest absolute Gasteiger partial charge is 0.478 e. The number of nitrogens with zero attached hydrogens (tertiary/aromatic N) is 3. The maximum absolute atomic E-state index is 11.5. The summed E-state index contributed by atoms with van der Waals surface area (Å²) in [6, 6.07) is 12.5. The standard InChI is InChI=1S/C19H20N4O2/c1-19(2,3)16-12-17(23(22-16)13-8-10-20-11-9-13)21-15-7-5-4-6-14(15)18(24)25/h4-12,21H,1-3H3,(H,24,25). The lowest BCUT2D eigenvalue weighted by Crippen LogP contribution is -2.12. The van der Waals surface area contributed by atoms with Gasteiger partial charge in [-0.15, -0.1) is 0 Å². The Hall–Kier alpha value is -3.15. The highest BCUT2D eigenvalue weighted by Crippen LogP contribution is 2.29. The predicted molar refractivity (Wildman–Crippen MR) is 96.7 cm³/mol. The van der Waals surface area contributed by atoms with Crippen molar-refractivity contribution < 1.29 is 9.90 Å². The molecule has 0 radical (unpaired) electrons. The van der Waals surface area contributed by atoms with E-state index in [2.05, 4.69) is 31.1 Å². The molecule has 0 fully saturated rings. The van der Waals surface area contributed by atoms with Crippen molar-refractivity contribution in [1.82, 2.24) is 14.8 Å². The van der Waals surface area contributed by atoms with Crippen molar-refractivity contribution >= 4 is 17.5 Å². The second-order valence-corrected chi connectivity index (χ2v) is 6.76. The van der Waals surface area contributed by atoms with Crippen LogP contribution in [0.25, 0.3) is 5.69 Å². The zero-order valence-electron chi connectivity index (χ0n) is 14.4. The van der Waals surface area contributed by atoms with Crippen LogP contribution in [0.3, 0.4) is 0 Å². The molecule has 0 amide bonds. The summed E-state index contributed by atoms with van der Waals surface area (Å²) in [6.07, 6.45) is 3.39. The first kappa shape index (κ1) is 16.7. The second-order valence-electron chi connectivity index (χ2n) is 6.76. The van der Waals surface area contributed by atoms with Crippen LogP contribution < -0.4 is 5.32 Å². The minimum Gasteiger partial charge on any atom is -0.478 e. The summed E-state index contributed by atoms with van der Waals surface area (Å²) in [4.78, 5) is 15.5. The van der Waals surface area contributed by atoms with Gasteiger partial charge in [0, 0.05) is 23.9 Å². The van der Waals surface area contributed by atoms with Crippen molar-refractivity contribution in [1.29, 1.82) is 0 Å². The first-order chi connectivity index (χ1) is 11.9. The number of aromatic nitrogens is 3. The number of anilines is 2. The third kappa shape index (κ3) is 3.52. The first-order valence-electron chi connectivity index (χ1n) is 7.96. The molecular weight excluding hydrogens is 316 g/mol. The maximum Gasteiger partial charge on any atom is 0.337 e. The molecule has 3 aromatic rings. The molecule has 0 bridgehead atoms. The Bertz CT molecular complexity index is 895. The average Bonchev–Trinajstić information content (AvgIpc) is 3.00. The van der Waals surface area contributed by atoms with Crippen molar-refractivity contribution in [3.05, 3.63) is 66.1 Å². The highest BCUT2D eigenvalue weighted by Gasteiger charge is 2.21. The van der Waals surface area contributed by atoms with Crippen LogP contribution in [0.15, 0.2) is 54.9 Å². The maximum atomic E-state index is 11.5. The summed E-state index contributed by atoms with van der Waals surface area (Å²) >= 11 is 0. The van der Waals surface area contributed by atoms with Gasteiger partial charge < -0.3 is 10.4 Å². The topological polar surface area (TPSA) is 80.0 Å². The second kappa shape index (κ2) is 6.39. The Kier molecular flexibility index (Phi) is 4.27. The summed E-state index contributed by atoms with van der Waals surface area (Å²) in [5.41, 5.74) is 2.34. The van der Waals surface area contributed by atoms with E-state index >= 15 is 0 Å². The fourth-order valence-corrected chi connectivity index (χ4v) is 2.44. The molecule has 128 valence electrons. The highest BCUT2D eigenvalue weighted by molar-refractivity contribution is 5.95. The van der Waals surface area contributed by atoms with E-state index in [1.165, 1.54) is 0 Å². The quantitative estimate of drug-likeness (QED) is 0.752. The summed E-state index contributed by atoms with van der Waals surface area (Å²) in [7, 11) is 0. The molecule has 6 nitrogen and oxygen atoms in total. The molecule has 2 N–H and O–H groups in total. The molecule has 2 aromatic heterocycles. The summed E-state index contributed by atoms with van der Waals surface area (Å²) < 4.78 is 1.76. The minimum absolute atomic E-state index is 0.138. The third-order valence-corrected chi connectivity index (χ3v) is 3.81. The monoisotopic (exact) mass is 336 g/mol. The molecule has 25 heavy (non-hydrogen) atoms. The van der Waals surface area contributed by atoms with E-state index in [0.29, 0.717) is 11.5 Å². The fraction of sp³-hybridized carbons (Fsp3) is 0.211. The zero-order valence-corrected chi connectivity index (χ0v) is 14.4. The van der Waals surface area contributed by atoms with E-state index in [1.54, 1.807) is 41.3 Å². The lowest BCUT2D eigenvalue weighted by atomic mass is 9.92. The van der Waals surface area contributed by atoms with Crippen molar-refractivity contribution in [2.45, 2.75) is 26.2 Å². The highest BCUT2D eigenvalue weighted by atomic mass is 16.4. The molecule has 1 aromatic carbocycles. The van der Waals surface area contributed by atoms with E-state index in [4.69, 9.17) is 5.10 Å². The van der Waals surface area contributed by atoms with Crippen LogP contribution in [0.2, 0.25) is 0 Å². The molecule has 0 saturated heterocycles. The number of aromatic carboxylic acids is 1. The number of rotatable bonds is 4. The molecule has 0 aliphatic carbocycles. The van der Waals surface area contributed by atoms with Crippen molar-refractivity contribution in [3.63, 3.8) is 0 Å². The molecule has 0 unspecified atom stereocenters. The molecule has 3 rings (SSSR count). The van der Waals surface area contributed by atoms with Crippen LogP contribution in [0.4, 0.5) is 11.5 Å². The molecule has 2 heterocycles. The van der Waals surface area contributed by atoms with Crippen LogP contribution in [0.1, 0.15) is 36.8 Å². The molecule has 0 atom stereocenters. The summed E-state index contributed by atoms with van der Waals surface area (Å²) in [5, 5.41) is 17.3. The van der Waals surface area contributed by atoms with Crippen LogP contribution in [-0.2, 0) is 5.41 Å². The number of para-hydroxylation sites is 1. The number of carboxylic acids is 1. The van der Waals surface area contributed by atoms with Gasteiger partial charge >= 0.3 is 5.97 Å². The van der Waals surface area contributed by atoms with E-state index in [9.17, 15) is 9.90 Å². The number of nitrogens with one attached hydrogen (secondary N) is 1. The van der Waals surface area contributed by atoms with Gasteiger partial charge in [-0.2, -0.15) is 5.10 Å². The molecule has 0 aliphatic heterocycles. The van der Waals surface area contributed by atoms with Gasteiger partial charge in [-0.1, -0.05) is 32.9 Å². The Balaban J connectivity index is 2.10. The van der Waals surface area contributed by atoms with E-state index in [0.717, 1.165) is 11.4 Å². The number of benzene rings is 1. The fourth-order valence-electron chi connectivity index (χ4n) is 2.44. The first-order valence-corrected chi connectivity index (χ1v) is 7.96. The van der Waals surface area contributed by atoms with Crippen molar-refractivity contribution in [2.24, 2.45) is 0 Å². The molecule has 0 spiro atoms. The van der Waals surface area contributed by atoms with Crippen molar-refractivity contribution in [3.8, 4) is 5.69 Å². The minimum atomic E-state index is -0.978. The summed E-state index contributed by atoms with van der Waals surface area (Å²) in [5.74, 6) is -0.279. The number of hydrogen-bond acceptors (Lipinski definition) is 4. The van der Waals surface area contributed by atoms with Crippen LogP contribution >= 0.6 is 0 Å². The lowest BCUT2D eigenvalue weighted by Gasteiger charge is -2.14. The molecule has 6 heteroatoms. The van der Waals surface area contributed by atoms with E-state index < -0.39 is 5.97 Å². The van der Waals surface area contributed by atoms with Gasteiger partial charge in [-0.3, -0.25) is 4.98 Å². The van der Waals surface area contributed by atoms with Gasteiger partial charge in [0.05, 0.1) is 22.6 Å². The Morgan fingerprint density at radius 3 is 2.44 bits per heavy atom. The van der Waals surface area contributed by atoms with Crippen molar-refractivity contribution in [2.75, 3.05) is 5.32 Å². The van der Waals surface area contributed by atoms with Gasteiger partial charge in [0.15, 0.2) is 0 Å². The summed E-state index contributed by atoms with van der Waals surface area (Å²) in [6.45, 7) is 6.25. The molecular formula is C19H20N4O2. The predicted octanol–water partition coefficient (Wildman–Crippen LogP) is 4.01. The van der Waals surface area contributed by atoms with Gasteiger partial charge in [-0.25, -0.2) is 9.48 Å². The van der Waals surface area contributed by atoms with Crippen LogP contribution in [0.5, 0.6) is 0 Å². The molecule has 0 aliphatic rings. The Labute approximate surface area is 146 Å². The Morgan fingerprint density at radius 2 is 1.80 bits per heavy atom. The van der Waals surface area contributed by atoms with Gasteiger partial charge in [0.1, 0.15) is 5.82 Å². The third-order valence-electron chi connectivity index (χ3n) is 3.81. The SMILES string of the molecule is CC(C)(C)c1cc(Nc2ccccc2C(=O)O)n(-c2ccncc2)n1. The van der Waals surface area contributed by atoms with E-state index in [1.807, 2.05) is 18.2 Å². The number of carboxylic acid groups (broad SMARTS) is 1. The number of pyridine rings is 1. The van der Waals surface area contributed by atoms with E-state index in [-0.39, 0.29) is 11.0 Å². The average molecular weight is 336 g/mol. The van der Waals surface area contributed by atoms with Gasteiger partial charge in [0.25, 0.3) is 0 Å². The number of carbonyl (C=O) groups is 1. The van der Waals surface area contributed by atoms with Crippen LogP contribution in [0, 0.1) is 0 Å². The van der Waals surface area contributed by atoms with Gasteiger partial charge in [0.2, 0.25) is 0 Å². The lowest BCUT2D eigenvalue weighted by molar-refractivity contribution is 0.0698. The zero-order chi connectivity index (χ0) is 18.0. The van der Waals surface area contributed by atoms with Crippen LogP contribution in [-0.4, -0.2) is 25.8 Å². The normalized spacial score (nSPS) is 11.3. The van der Waals surface area contributed by atoms with Gasteiger partial charge in [-0.05, 0) is 24.3 Å².